The molecule has 0 radical (unpaired) electrons. The summed E-state index contributed by atoms with van der Waals surface area (Å²) < 4.78 is 28.7. The zero-order valence-corrected chi connectivity index (χ0v) is 20.8. The number of nitrogens with one attached hydrogen (secondary N) is 1. The van der Waals surface area contributed by atoms with Crippen LogP contribution in [0.3, 0.4) is 0 Å². The fraction of sp³-hybridized carbons (Fsp3) is 0.0870. The van der Waals surface area contributed by atoms with Gasteiger partial charge in [0, 0.05) is 28.4 Å². The van der Waals surface area contributed by atoms with E-state index in [1.807, 2.05) is 0 Å². The number of anilines is 2. The first-order valence-electron chi connectivity index (χ1n) is 10.7. The maximum atomic E-state index is 13.5. The summed E-state index contributed by atoms with van der Waals surface area (Å²) in [7, 11) is 0. The molecule has 15 heteroatoms. The summed E-state index contributed by atoms with van der Waals surface area (Å²) in [6.45, 7) is -2.96. The number of hydrazine groups is 1. The molecule has 196 valence electrons. The summed E-state index contributed by atoms with van der Waals surface area (Å²) in [6.07, 6.45) is 5.47. The Balaban J connectivity index is 1.67. The quantitative estimate of drug-likeness (QED) is 0.121. The van der Waals surface area contributed by atoms with Gasteiger partial charge < -0.3 is 11.1 Å². The Labute approximate surface area is 223 Å². The van der Waals surface area contributed by atoms with Gasteiger partial charge in [0.25, 0.3) is 5.56 Å². The largest absolute Gasteiger partial charge is 0.388 e. The van der Waals surface area contributed by atoms with E-state index in [9.17, 15) is 18.4 Å². The molecule has 0 unspecified atom stereocenters. The van der Waals surface area contributed by atoms with Crippen LogP contribution in [0.4, 0.5) is 20.2 Å². The van der Waals surface area contributed by atoms with Crippen molar-refractivity contribution in [2.24, 2.45) is 11.6 Å². The molecule has 0 atom stereocenters. The summed E-state index contributed by atoms with van der Waals surface area (Å²) in [5.74, 6) is 6.02. The SMILES string of the molecule is N/C(Cl)=C\N(N)c1ccc(Cl)cc1-c1cc(=O)n(Cc2cc(-c3c(NC=O)cnn3C(F)F)ccn2)cn1. The average Bonchev–Trinajstić information content (AvgIpc) is 3.29. The molecule has 0 bridgehead atoms. The molecule has 4 aromatic rings. The number of halogens is 4. The second-order valence-corrected chi connectivity index (χ2v) is 8.62. The van der Waals surface area contributed by atoms with Crippen LogP contribution in [-0.2, 0) is 11.3 Å². The maximum Gasteiger partial charge on any atom is 0.333 e. The van der Waals surface area contributed by atoms with Gasteiger partial charge in [-0.1, -0.05) is 23.2 Å². The summed E-state index contributed by atoms with van der Waals surface area (Å²) >= 11 is 11.9. The van der Waals surface area contributed by atoms with E-state index in [4.69, 9.17) is 34.8 Å². The first-order chi connectivity index (χ1) is 18.2. The van der Waals surface area contributed by atoms with Crippen LogP contribution in [0.5, 0.6) is 0 Å². The van der Waals surface area contributed by atoms with Crippen molar-refractivity contribution >= 4 is 41.0 Å². The minimum Gasteiger partial charge on any atom is -0.388 e. The molecular formula is C23H19Cl2F2N9O2. The van der Waals surface area contributed by atoms with E-state index in [2.05, 4.69) is 20.4 Å². The third kappa shape index (κ3) is 5.80. The Morgan fingerprint density at radius 3 is 2.68 bits per heavy atom. The van der Waals surface area contributed by atoms with Gasteiger partial charge in [-0.05, 0) is 30.3 Å². The molecule has 0 saturated carbocycles. The molecule has 11 nitrogen and oxygen atoms in total. The second kappa shape index (κ2) is 11.4. The minimum atomic E-state index is -2.94. The average molecular weight is 562 g/mol. The number of rotatable bonds is 9. The highest BCUT2D eigenvalue weighted by Gasteiger charge is 2.19. The topological polar surface area (TPSA) is 150 Å². The van der Waals surface area contributed by atoms with Gasteiger partial charge in [0.1, 0.15) is 5.16 Å². The number of hydrogen-bond donors (Lipinski definition) is 3. The van der Waals surface area contributed by atoms with E-state index in [1.165, 1.54) is 46.5 Å². The molecule has 0 spiro atoms. The van der Waals surface area contributed by atoms with Gasteiger partial charge in [-0.15, -0.1) is 0 Å². The molecule has 38 heavy (non-hydrogen) atoms. The highest BCUT2D eigenvalue weighted by Crippen LogP contribution is 2.32. The first-order valence-corrected chi connectivity index (χ1v) is 11.5. The van der Waals surface area contributed by atoms with Crippen molar-refractivity contribution in [2.45, 2.75) is 13.1 Å². The highest BCUT2D eigenvalue weighted by atomic mass is 35.5. The van der Waals surface area contributed by atoms with Gasteiger partial charge in [-0.3, -0.25) is 24.1 Å². The van der Waals surface area contributed by atoms with E-state index < -0.39 is 12.1 Å². The predicted octanol–water partition coefficient (Wildman–Crippen LogP) is 3.51. The van der Waals surface area contributed by atoms with Gasteiger partial charge in [-0.2, -0.15) is 13.9 Å². The van der Waals surface area contributed by atoms with Crippen LogP contribution in [0.2, 0.25) is 5.02 Å². The summed E-state index contributed by atoms with van der Waals surface area (Å²) in [5, 5.41) is 7.50. The number of nitrogens with two attached hydrogens (primary N) is 2. The zero-order valence-electron chi connectivity index (χ0n) is 19.3. The summed E-state index contributed by atoms with van der Waals surface area (Å²) in [6, 6.07) is 9.10. The Morgan fingerprint density at radius 2 is 2.00 bits per heavy atom. The van der Waals surface area contributed by atoms with E-state index >= 15 is 0 Å². The normalized spacial score (nSPS) is 11.6. The fourth-order valence-corrected chi connectivity index (χ4v) is 3.96. The van der Waals surface area contributed by atoms with Crippen molar-refractivity contribution in [1.29, 1.82) is 0 Å². The molecule has 4 rings (SSSR count). The highest BCUT2D eigenvalue weighted by molar-refractivity contribution is 6.31. The number of hydrogen-bond acceptors (Lipinski definition) is 8. The van der Waals surface area contributed by atoms with Crippen LogP contribution >= 0.6 is 23.2 Å². The Morgan fingerprint density at radius 1 is 1.21 bits per heavy atom. The van der Waals surface area contributed by atoms with Gasteiger partial charge >= 0.3 is 6.55 Å². The Kier molecular flexibility index (Phi) is 8.00. The van der Waals surface area contributed by atoms with Crippen molar-refractivity contribution in [3.63, 3.8) is 0 Å². The maximum absolute atomic E-state index is 13.5. The number of carbonyl (C=O) groups excluding carboxylic acids is 1. The number of carbonyl (C=O) groups is 1. The molecule has 0 aliphatic carbocycles. The van der Waals surface area contributed by atoms with Crippen LogP contribution in [0.1, 0.15) is 12.2 Å². The molecule has 3 aromatic heterocycles. The lowest BCUT2D eigenvalue weighted by atomic mass is 10.1. The minimum absolute atomic E-state index is 0.0111. The van der Waals surface area contributed by atoms with Crippen molar-refractivity contribution < 1.29 is 13.6 Å². The second-order valence-electron chi connectivity index (χ2n) is 7.75. The van der Waals surface area contributed by atoms with Crippen molar-refractivity contribution in [1.82, 2.24) is 24.3 Å². The fourth-order valence-electron chi connectivity index (χ4n) is 3.69. The molecule has 0 aliphatic heterocycles. The number of benzene rings is 1. The third-order valence-corrected chi connectivity index (χ3v) is 5.60. The van der Waals surface area contributed by atoms with Gasteiger partial charge in [0.15, 0.2) is 0 Å². The molecule has 5 N–H and O–H groups in total. The smallest absolute Gasteiger partial charge is 0.333 e. The molecule has 1 amide bonds. The summed E-state index contributed by atoms with van der Waals surface area (Å²) in [5.41, 5.74) is 7.02. The summed E-state index contributed by atoms with van der Waals surface area (Å²) in [4.78, 5) is 32.5. The lowest BCUT2D eigenvalue weighted by Gasteiger charge is -2.18. The van der Waals surface area contributed by atoms with Crippen LogP contribution in [-0.4, -0.2) is 30.7 Å². The van der Waals surface area contributed by atoms with Crippen molar-refractivity contribution in [3.05, 3.63) is 87.5 Å². The number of nitrogens with zero attached hydrogens (tertiary/aromatic N) is 6. The lowest BCUT2D eigenvalue weighted by Crippen LogP contribution is -2.26. The Hall–Kier alpha value is -4.33. The lowest BCUT2D eigenvalue weighted by molar-refractivity contribution is -0.105. The van der Waals surface area contributed by atoms with E-state index in [-0.39, 0.29) is 28.8 Å². The van der Waals surface area contributed by atoms with Crippen LogP contribution in [0.15, 0.2) is 71.3 Å². The van der Waals surface area contributed by atoms with E-state index in [0.717, 1.165) is 6.20 Å². The molecule has 0 aliphatic rings. The van der Waals surface area contributed by atoms with Crippen molar-refractivity contribution in [2.75, 3.05) is 10.3 Å². The molecule has 1 aromatic carbocycles. The number of alkyl halides is 2. The zero-order chi connectivity index (χ0) is 27.4. The molecule has 3 heterocycles. The first kappa shape index (κ1) is 26.7. The standard InChI is InChI=1S/C23H19Cl2F2N9O2/c24-14-1-2-19(35(29)10-20(25)28)16(6-14)17-7-21(38)34(11-31-17)9-15-5-13(3-4-30-15)22-18(32-12-37)8-33-36(22)23(26)27/h1-8,10-12,23H,9,28-29H2,(H,32,37)/b20-10-. The predicted molar refractivity (Wildman–Crippen MR) is 139 cm³/mol. The van der Waals surface area contributed by atoms with Crippen LogP contribution in [0.25, 0.3) is 22.5 Å². The monoisotopic (exact) mass is 561 g/mol. The van der Waals surface area contributed by atoms with Crippen LogP contribution < -0.4 is 27.5 Å². The van der Waals surface area contributed by atoms with Crippen molar-refractivity contribution in [3.8, 4) is 22.5 Å². The van der Waals surface area contributed by atoms with E-state index in [0.29, 0.717) is 38.6 Å². The molecule has 0 fully saturated rings. The van der Waals surface area contributed by atoms with Crippen LogP contribution in [0, 0.1) is 0 Å². The number of amides is 1. The van der Waals surface area contributed by atoms with Gasteiger partial charge in [0.2, 0.25) is 6.41 Å². The Bertz CT molecular complexity index is 1570. The van der Waals surface area contributed by atoms with E-state index in [1.54, 1.807) is 18.2 Å². The van der Waals surface area contributed by atoms with Gasteiger partial charge in [-0.25, -0.2) is 15.5 Å². The molecule has 0 saturated heterocycles. The third-order valence-electron chi connectivity index (χ3n) is 5.27. The molecular weight excluding hydrogens is 543 g/mol. The van der Waals surface area contributed by atoms with Gasteiger partial charge in [0.05, 0.1) is 53.7 Å². The number of aromatic nitrogens is 5. The number of pyridine rings is 1.